The predicted molar refractivity (Wildman–Crippen MR) is 98.9 cm³/mol. The van der Waals surface area contributed by atoms with E-state index in [4.69, 9.17) is 40.2 Å². The quantitative estimate of drug-likeness (QED) is 0.523. The van der Waals surface area contributed by atoms with Crippen LogP contribution in [0.25, 0.3) is 11.4 Å². The van der Waals surface area contributed by atoms with Crippen molar-refractivity contribution in [2.45, 2.75) is 0 Å². The predicted octanol–water partition coefficient (Wildman–Crippen LogP) is 4.81. The SMILES string of the molecule is COc1ccccc1-c1n[nH]c(=S)n1N=Cc1ccc(Cl)cc1Cl. The molecule has 2 aromatic carbocycles. The summed E-state index contributed by atoms with van der Waals surface area (Å²) in [5, 5.41) is 12.4. The number of aromatic amines is 1. The van der Waals surface area contributed by atoms with Gasteiger partial charge in [-0.2, -0.15) is 14.9 Å². The van der Waals surface area contributed by atoms with Crippen LogP contribution in [-0.2, 0) is 0 Å². The lowest BCUT2D eigenvalue weighted by atomic mass is 10.2. The molecule has 0 atom stereocenters. The summed E-state index contributed by atoms with van der Waals surface area (Å²) in [7, 11) is 1.60. The van der Waals surface area contributed by atoms with E-state index in [1.807, 2.05) is 24.3 Å². The third-order valence-corrected chi connectivity index (χ3v) is 4.10. The third-order valence-electron chi connectivity index (χ3n) is 3.27. The Morgan fingerprint density at radius 2 is 2.04 bits per heavy atom. The zero-order valence-corrected chi connectivity index (χ0v) is 14.9. The van der Waals surface area contributed by atoms with Crippen LogP contribution in [0.5, 0.6) is 5.75 Å². The smallest absolute Gasteiger partial charge is 0.216 e. The Hall–Kier alpha value is -2.15. The van der Waals surface area contributed by atoms with Crippen LogP contribution in [0.3, 0.4) is 0 Å². The lowest BCUT2D eigenvalue weighted by Gasteiger charge is -2.07. The number of para-hydroxylation sites is 1. The monoisotopic (exact) mass is 378 g/mol. The molecule has 1 aromatic heterocycles. The van der Waals surface area contributed by atoms with Crippen LogP contribution < -0.4 is 4.74 Å². The van der Waals surface area contributed by atoms with Gasteiger partial charge in [0.15, 0.2) is 5.82 Å². The summed E-state index contributed by atoms with van der Waals surface area (Å²) in [5.74, 6) is 1.21. The van der Waals surface area contributed by atoms with Crippen LogP contribution in [0.4, 0.5) is 0 Å². The summed E-state index contributed by atoms with van der Waals surface area (Å²) in [6, 6.07) is 12.7. The van der Waals surface area contributed by atoms with Gasteiger partial charge in [-0.15, -0.1) is 0 Å². The second-order valence-electron chi connectivity index (χ2n) is 4.77. The Balaban J connectivity index is 2.05. The molecule has 0 spiro atoms. The molecule has 5 nitrogen and oxygen atoms in total. The molecule has 1 heterocycles. The fourth-order valence-corrected chi connectivity index (χ4v) is 2.77. The first-order chi connectivity index (χ1) is 11.6. The average molecular weight is 379 g/mol. The molecule has 1 N–H and O–H groups in total. The number of aromatic nitrogens is 3. The molecule has 24 heavy (non-hydrogen) atoms. The van der Waals surface area contributed by atoms with Crippen molar-refractivity contribution in [1.82, 2.24) is 14.9 Å². The number of methoxy groups -OCH3 is 1. The number of halogens is 2. The highest BCUT2D eigenvalue weighted by molar-refractivity contribution is 7.71. The van der Waals surface area contributed by atoms with Crippen molar-refractivity contribution in [2.75, 3.05) is 7.11 Å². The van der Waals surface area contributed by atoms with Gasteiger partial charge in [0.1, 0.15) is 5.75 Å². The number of benzene rings is 2. The summed E-state index contributed by atoms with van der Waals surface area (Å²) in [5.41, 5.74) is 1.49. The maximum Gasteiger partial charge on any atom is 0.216 e. The number of hydrogen-bond acceptors (Lipinski definition) is 4. The Labute approximate surface area is 153 Å². The largest absolute Gasteiger partial charge is 0.496 e. The summed E-state index contributed by atoms with van der Waals surface area (Å²) in [4.78, 5) is 0. The minimum absolute atomic E-state index is 0.359. The van der Waals surface area contributed by atoms with Gasteiger partial charge in [-0.25, -0.2) is 5.10 Å². The van der Waals surface area contributed by atoms with Crippen molar-refractivity contribution in [3.8, 4) is 17.1 Å². The summed E-state index contributed by atoms with van der Waals surface area (Å²) >= 11 is 17.3. The number of nitrogens with zero attached hydrogens (tertiary/aromatic N) is 3. The van der Waals surface area contributed by atoms with E-state index < -0.39 is 0 Å². The van der Waals surface area contributed by atoms with Crippen LogP contribution in [0, 0.1) is 4.77 Å². The molecule has 122 valence electrons. The Kier molecular flexibility index (Phi) is 4.99. The highest BCUT2D eigenvalue weighted by Gasteiger charge is 2.12. The first-order valence-electron chi connectivity index (χ1n) is 6.90. The third kappa shape index (κ3) is 3.36. The molecule has 3 rings (SSSR count). The Bertz CT molecular complexity index is 965. The summed E-state index contributed by atoms with van der Waals surface area (Å²) < 4.78 is 7.24. The second-order valence-corrected chi connectivity index (χ2v) is 6.01. The van der Waals surface area contributed by atoms with E-state index in [9.17, 15) is 0 Å². The van der Waals surface area contributed by atoms with E-state index in [1.54, 1.807) is 31.5 Å². The minimum Gasteiger partial charge on any atom is -0.496 e. The van der Waals surface area contributed by atoms with Gasteiger partial charge >= 0.3 is 0 Å². The van der Waals surface area contributed by atoms with Crippen molar-refractivity contribution in [2.24, 2.45) is 5.10 Å². The van der Waals surface area contributed by atoms with E-state index in [2.05, 4.69) is 15.3 Å². The average Bonchev–Trinajstić information content (AvgIpc) is 2.94. The maximum absolute atomic E-state index is 6.16. The van der Waals surface area contributed by atoms with Gasteiger partial charge in [-0.1, -0.05) is 41.4 Å². The molecule has 0 aliphatic rings. The molecular weight excluding hydrogens is 367 g/mol. The van der Waals surface area contributed by atoms with E-state index in [0.717, 1.165) is 11.1 Å². The van der Waals surface area contributed by atoms with Crippen LogP contribution in [0.15, 0.2) is 47.6 Å². The Morgan fingerprint density at radius 1 is 1.25 bits per heavy atom. The first kappa shape index (κ1) is 16.7. The fourth-order valence-electron chi connectivity index (χ4n) is 2.13. The van der Waals surface area contributed by atoms with E-state index in [0.29, 0.717) is 26.4 Å². The van der Waals surface area contributed by atoms with Crippen molar-refractivity contribution < 1.29 is 4.74 Å². The molecule has 0 aliphatic heterocycles. The van der Waals surface area contributed by atoms with Gasteiger partial charge < -0.3 is 4.74 Å². The highest BCUT2D eigenvalue weighted by Crippen LogP contribution is 2.28. The lowest BCUT2D eigenvalue weighted by Crippen LogP contribution is -1.97. The van der Waals surface area contributed by atoms with Crippen LogP contribution in [0.2, 0.25) is 10.0 Å². The topological polar surface area (TPSA) is 55.2 Å². The Morgan fingerprint density at radius 3 is 2.79 bits per heavy atom. The van der Waals surface area contributed by atoms with E-state index in [1.165, 1.54) is 4.68 Å². The van der Waals surface area contributed by atoms with Crippen LogP contribution in [0.1, 0.15) is 5.56 Å². The van der Waals surface area contributed by atoms with Crippen LogP contribution in [-0.4, -0.2) is 28.2 Å². The number of nitrogens with one attached hydrogen (secondary N) is 1. The zero-order chi connectivity index (χ0) is 17.1. The zero-order valence-electron chi connectivity index (χ0n) is 12.5. The number of H-pyrrole nitrogens is 1. The minimum atomic E-state index is 0.359. The molecule has 3 aromatic rings. The molecule has 0 aliphatic carbocycles. The molecule has 0 bridgehead atoms. The van der Waals surface area contributed by atoms with Crippen molar-refractivity contribution in [3.05, 3.63) is 62.8 Å². The lowest BCUT2D eigenvalue weighted by molar-refractivity contribution is 0.416. The number of rotatable bonds is 4. The molecule has 0 fully saturated rings. The van der Waals surface area contributed by atoms with Gasteiger partial charge in [0, 0.05) is 10.6 Å². The molecule has 0 amide bonds. The summed E-state index contributed by atoms with van der Waals surface area (Å²) in [6.45, 7) is 0. The standard InChI is InChI=1S/C16H12Cl2N4OS/c1-23-14-5-3-2-4-12(14)15-20-21-16(24)22(15)19-9-10-6-7-11(17)8-13(10)18/h2-9H,1H3,(H,21,24). The van der Waals surface area contributed by atoms with Crippen molar-refractivity contribution in [1.29, 1.82) is 0 Å². The van der Waals surface area contributed by atoms with Crippen LogP contribution >= 0.6 is 35.4 Å². The molecular formula is C16H12Cl2N4OS. The van der Waals surface area contributed by atoms with E-state index in [-0.39, 0.29) is 0 Å². The number of hydrogen-bond donors (Lipinski definition) is 1. The molecule has 0 saturated heterocycles. The molecule has 0 saturated carbocycles. The summed E-state index contributed by atoms with van der Waals surface area (Å²) in [6.07, 6.45) is 1.60. The maximum atomic E-state index is 6.16. The normalized spacial score (nSPS) is 11.1. The van der Waals surface area contributed by atoms with Gasteiger partial charge in [-0.3, -0.25) is 0 Å². The van der Waals surface area contributed by atoms with Gasteiger partial charge in [-0.05, 0) is 36.5 Å². The second kappa shape index (κ2) is 7.17. The van der Waals surface area contributed by atoms with Crippen molar-refractivity contribution in [3.63, 3.8) is 0 Å². The molecule has 0 unspecified atom stereocenters. The van der Waals surface area contributed by atoms with Gasteiger partial charge in [0.25, 0.3) is 0 Å². The molecule has 8 heteroatoms. The number of ether oxygens (including phenoxy) is 1. The van der Waals surface area contributed by atoms with E-state index >= 15 is 0 Å². The first-order valence-corrected chi connectivity index (χ1v) is 8.07. The fraction of sp³-hybridized carbons (Fsp3) is 0.0625. The van der Waals surface area contributed by atoms with Gasteiger partial charge in [0.2, 0.25) is 4.77 Å². The molecule has 0 radical (unpaired) electrons. The van der Waals surface area contributed by atoms with Gasteiger partial charge in [0.05, 0.1) is 23.9 Å². The highest BCUT2D eigenvalue weighted by atomic mass is 35.5. The van der Waals surface area contributed by atoms with Crippen molar-refractivity contribution >= 4 is 41.6 Å².